The number of aliphatic hydroxyl groups is 1. The van der Waals surface area contributed by atoms with Crippen LogP contribution in [0.25, 0.3) is 0 Å². The fraction of sp³-hybridized carbons (Fsp3) is 0.400. The Morgan fingerprint density at radius 2 is 2.29 bits per heavy atom. The molecule has 0 aromatic heterocycles. The quantitative estimate of drug-likeness (QED) is 0.917. The number of hydrogen-bond acceptors (Lipinski definition) is 2. The molecule has 1 N–H and O–H groups in total. The van der Waals surface area contributed by atoms with Gasteiger partial charge in [-0.1, -0.05) is 27.5 Å². The van der Waals surface area contributed by atoms with Gasteiger partial charge in [-0.2, -0.15) is 0 Å². The van der Waals surface area contributed by atoms with Crippen molar-refractivity contribution in [3.63, 3.8) is 0 Å². The van der Waals surface area contributed by atoms with Crippen molar-refractivity contribution in [3.8, 4) is 5.75 Å². The largest absolute Gasteiger partial charge is 0.492 e. The molecular weight excluding hydrogens is 267 g/mol. The van der Waals surface area contributed by atoms with Gasteiger partial charge in [0.05, 0.1) is 17.7 Å². The molecule has 0 aliphatic rings. The molecule has 4 heteroatoms. The van der Waals surface area contributed by atoms with Crippen LogP contribution in [0.3, 0.4) is 0 Å². The summed E-state index contributed by atoms with van der Waals surface area (Å²) < 4.78 is 6.33. The molecule has 1 rings (SSSR count). The Balaban J connectivity index is 2.53. The third-order valence-corrected chi connectivity index (χ3v) is 2.49. The molecule has 0 heterocycles. The van der Waals surface area contributed by atoms with E-state index in [0.717, 1.165) is 4.47 Å². The second-order valence-corrected chi connectivity index (χ2v) is 4.38. The van der Waals surface area contributed by atoms with Crippen molar-refractivity contribution < 1.29 is 9.84 Å². The lowest BCUT2D eigenvalue weighted by Crippen LogP contribution is -2.07. The third-order valence-electron chi connectivity index (χ3n) is 1.69. The van der Waals surface area contributed by atoms with Crippen LogP contribution in [0, 0.1) is 0 Å². The van der Waals surface area contributed by atoms with Gasteiger partial charge in [-0.05, 0) is 25.1 Å². The molecule has 2 nitrogen and oxygen atoms in total. The zero-order chi connectivity index (χ0) is 10.6. The van der Waals surface area contributed by atoms with E-state index in [0.29, 0.717) is 23.8 Å². The molecule has 1 atom stereocenters. The van der Waals surface area contributed by atoms with E-state index >= 15 is 0 Å². The second kappa shape index (κ2) is 5.59. The maximum Gasteiger partial charge on any atom is 0.139 e. The predicted molar refractivity (Wildman–Crippen MR) is 60.9 cm³/mol. The van der Waals surface area contributed by atoms with Crippen LogP contribution in [-0.2, 0) is 0 Å². The van der Waals surface area contributed by atoms with Crippen LogP contribution in [-0.4, -0.2) is 17.8 Å². The molecular formula is C10H12BrClO2. The fourth-order valence-corrected chi connectivity index (χ4v) is 1.44. The van der Waals surface area contributed by atoms with Crippen molar-refractivity contribution in [3.05, 3.63) is 27.7 Å². The van der Waals surface area contributed by atoms with Crippen LogP contribution in [0.1, 0.15) is 13.3 Å². The van der Waals surface area contributed by atoms with E-state index in [-0.39, 0.29) is 6.10 Å². The second-order valence-electron chi connectivity index (χ2n) is 3.06. The van der Waals surface area contributed by atoms with E-state index < -0.39 is 0 Å². The van der Waals surface area contributed by atoms with Crippen LogP contribution >= 0.6 is 27.5 Å². The third kappa shape index (κ3) is 3.86. The highest BCUT2D eigenvalue weighted by atomic mass is 79.9. The van der Waals surface area contributed by atoms with Gasteiger partial charge >= 0.3 is 0 Å². The summed E-state index contributed by atoms with van der Waals surface area (Å²) in [6.45, 7) is 2.19. The van der Waals surface area contributed by atoms with Gasteiger partial charge in [0.2, 0.25) is 0 Å². The van der Waals surface area contributed by atoms with E-state index in [4.69, 9.17) is 21.4 Å². The lowest BCUT2D eigenvalue weighted by atomic mass is 10.3. The molecule has 0 bridgehead atoms. The lowest BCUT2D eigenvalue weighted by Gasteiger charge is -2.09. The molecule has 78 valence electrons. The van der Waals surface area contributed by atoms with Gasteiger partial charge in [-0.3, -0.25) is 0 Å². The van der Waals surface area contributed by atoms with Gasteiger partial charge in [0.1, 0.15) is 5.75 Å². The molecule has 1 aromatic rings. The molecule has 0 saturated heterocycles. The van der Waals surface area contributed by atoms with Gasteiger partial charge < -0.3 is 9.84 Å². The SMILES string of the molecule is CC(O)CCOc1cc(Br)ccc1Cl. The highest BCUT2D eigenvalue weighted by Gasteiger charge is 2.03. The molecule has 0 saturated carbocycles. The topological polar surface area (TPSA) is 29.5 Å². The van der Waals surface area contributed by atoms with Crippen LogP contribution in [0.2, 0.25) is 5.02 Å². The molecule has 0 fully saturated rings. The number of aliphatic hydroxyl groups excluding tert-OH is 1. The molecule has 0 amide bonds. The molecule has 0 spiro atoms. The van der Waals surface area contributed by atoms with Crippen molar-refractivity contribution in [2.45, 2.75) is 19.4 Å². The van der Waals surface area contributed by atoms with E-state index in [1.807, 2.05) is 12.1 Å². The van der Waals surface area contributed by atoms with Gasteiger partial charge in [-0.25, -0.2) is 0 Å². The minimum Gasteiger partial charge on any atom is -0.492 e. The Bertz CT molecular complexity index is 302. The number of rotatable bonds is 4. The normalized spacial score (nSPS) is 12.6. The fourth-order valence-electron chi connectivity index (χ4n) is 0.927. The first-order valence-corrected chi connectivity index (χ1v) is 5.52. The minimum absolute atomic E-state index is 0.346. The minimum atomic E-state index is -0.346. The molecule has 1 aromatic carbocycles. The van der Waals surface area contributed by atoms with Crippen molar-refractivity contribution >= 4 is 27.5 Å². The highest BCUT2D eigenvalue weighted by molar-refractivity contribution is 9.10. The summed E-state index contributed by atoms with van der Waals surface area (Å²) in [7, 11) is 0. The van der Waals surface area contributed by atoms with Crippen molar-refractivity contribution in [2.24, 2.45) is 0 Å². The van der Waals surface area contributed by atoms with E-state index in [1.54, 1.807) is 13.0 Å². The summed E-state index contributed by atoms with van der Waals surface area (Å²) in [4.78, 5) is 0. The standard InChI is InChI=1S/C10H12BrClO2/c1-7(13)4-5-14-10-6-8(11)2-3-9(10)12/h2-3,6-7,13H,4-5H2,1H3. The van der Waals surface area contributed by atoms with Crippen LogP contribution in [0.15, 0.2) is 22.7 Å². The van der Waals surface area contributed by atoms with Gasteiger partial charge in [0.25, 0.3) is 0 Å². The Hall–Kier alpha value is -0.250. The van der Waals surface area contributed by atoms with Crippen molar-refractivity contribution in [1.29, 1.82) is 0 Å². The monoisotopic (exact) mass is 278 g/mol. The first-order chi connectivity index (χ1) is 6.59. The predicted octanol–water partition coefficient (Wildman–Crippen LogP) is 3.25. The summed E-state index contributed by atoms with van der Waals surface area (Å²) >= 11 is 9.23. The Labute approximate surface area is 97.0 Å². The van der Waals surface area contributed by atoms with Crippen LogP contribution < -0.4 is 4.74 Å². The molecule has 0 radical (unpaired) electrons. The molecule has 1 unspecified atom stereocenters. The average Bonchev–Trinajstić information content (AvgIpc) is 2.10. The first kappa shape index (κ1) is 11.8. The summed E-state index contributed by atoms with van der Waals surface area (Å²) in [6.07, 6.45) is 0.254. The van der Waals surface area contributed by atoms with E-state index in [1.165, 1.54) is 0 Å². The molecule has 0 aliphatic heterocycles. The number of hydrogen-bond donors (Lipinski definition) is 1. The maximum absolute atomic E-state index is 9.03. The Kier molecular flexibility index (Phi) is 4.72. The Morgan fingerprint density at radius 3 is 2.93 bits per heavy atom. The number of halogens is 2. The van der Waals surface area contributed by atoms with Crippen molar-refractivity contribution in [2.75, 3.05) is 6.61 Å². The number of ether oxygens (including phenoxy) is 1. The van der Waals surface area contributed by atoms with Crippen LogP contribution in [0.5, 0.6) is 5.75 Å². The smallest absolute Gasteiger partial charge is 0.139 e. The van der Waals surface area contributed by atoms with E-state index in [9.17, 15) is 0 Å². The molecule has 0 aliphatic carbocycles. The molecule has 14 heavy (non-hydrogen) atoms. The van der Waals surface area contributed by atoms with Crippen molar-refractivity contribution in [1.82, 2.24) is 0 Å². The zero-order valence-corrected chi connectivity index (χ0v) is 10.2. The summed E-state index contributed by atoms with van der Waals surface area (Å²) in [5.74, 6) is 0.640. The van der Waals surface area contributed by atoms with Gasteiger partial charge in [0.15, 0.2) is 0 Å². The average molecular weight is 280 g/mol. The van der Waals surface area contributed by atoms with Crippen LogP contribution in [0.4, 0.5) is 0 Å². The highest BCUT2D eigenvalue weighted by Crippen LogP contribution is 2.27. The Morgan fingerprint density at radius 1 is 1.57 bits per heavy atom. The van der Waals surface area contributed by atoms with Gasteiger partial charge in [-0.15, -0.1) is 0 Å². The number of benzene rings is 1. The summed E-state index contributed by atoms with van der Waals surface area (Å²) in [5.41, 5.74) is 0. The maximum atomic E-state index is 9.03. The zero-order valence-electron chi connectivity index (χ0n) is 7.84. The van der Waals surface area contributed by atoms with Gasteiger partial charge in [0, 0.05) is 10.9 Å². The first-order valence-electron chi connectivity index (χ1n) is 4.35. The van der Waals surface area contributed by atoms with E-state index in [2.05, 4.69) is 15.9 Å². The lowest BCUT2D eigenvalue weighted by molar-refractivity contribution is 0.155. The summed E-state index contributed by atoms with van der Waals surface area (Å²) in [5, 5.41) is 9.61. The summed E-state index contributed by atoms with van der Waals surface area (Å²) in [6, 6.07) is 5.43.